The van der Waals surface area contributed by atoms with Crippen molar-refractivity contribution in [2.45, 2.75) is 32.3 Å². The van der Waals surface area contributed by atoms with Crippen LogP contribution in [0.3, 0.4) is 0 Å². The van der Waals surface area contributed by atoms with E-state index >= 15 is 0 Å². The number of terminal acetylenes is 1. The monoisotopic (exact) mass is 186 g/mol. The zero-order chi connectivity index (χ0) is 10.1. The first kappa shape index (κ1) is 9.15. The number of ether oxygens (including phenoxy) is 1. The van der Waals surface area contributed by atoms with E-state index in [4.69, 9.17) is 11.2 Å². The highest BCUT2D eigenvalue weighted by atomic mass is 16.5. The molecule has 0 spiro atoms. The van der Waals surface area contributed by atoms with Crippen LogP contribution in [0.5, 0.6) is 5.75 Å². The summed E-state index contributed by atoms with van der Waals surface area (Å²) in [6.45, 7) is 4.13. The van der Waals surface area contributed by atoms with Crippen molar-refractivity contribution >= 4 is 0 Å². The van der Waals surface area contributed by atoms with Crippen molar-refractivity contribution in [3.05, 3.63) is 29.3 Å². The summed E-state index contributed by atoms with van der Waals surface area (Å²) in [7, 11) is 0. The van der Waals surface area contributed by atoms with Crippen LogP contribution in [-0.4, -0.2) is 6.10 Å². The van der Waals surface area contributed by atoms with E-state index in [2.05, 4.69) is 25.0 Å². The van der Waals surface area contributed by atoms with Crippen molar-refractivity contribution in [3.63, 3.8) is 0 Å². The Hall–Kier alpha value is -1.42. The van der Waals surface area contributed by atoms with E-state index in [1.807, 2.05) is 13.0 Å². The van der Waals surface area contributed by atoms with E-state index in [0.717, 1.165) is 12.2 Å². The van der Waals surface area contributed by atoms with Crippen LogP contribution in [0, 0.1) is 12.3 Å². The maximum Gasteiger partial charge on any atom is 0.123 e. The van der Waals surface area contributed by atoms with Crippen LogP contribution >= 0.6 is 0 Å². The van der Waals surface area contributed by atoms with Gasteiger partial charge in [-0.05, 0) is 31.0 Å². The zero-order valence-corrected chi connectivity index (χ0v) is 8.58. The maximum absolute atomic E-state index is 5.62. The largest absolute Gasteiger partial charge is 0.490 e. The Morgan fingerprint density at radius 1 is 1.57 bits per heavy atom. The van der Waals surface area contributed by atoms with Crippen LogP contribution in [0.15, 0.2) is 18.2 Å². The summed E-state index contributed by atoms with van der Waals surface area (Å²) < 4.78 is 5.62. The lowest BCUT2D eigenvalue weighted by molar-refractivity contribution is 0.254. The highest BCUT2D eigenvalue weighted by Gasteiger charge is 2.19. The number of hydrogen-bond donors (Lipinski definition) is 0. The van der Waals surface area contributed by atoms with Crippen molar-refractivity contribution < 1.29 is 4.74 Å². The van der Waals surface area contributed by atoms with Crippen LogP contribution in [0.25, 0.3) is 0 Å². The molecule has 0 aliphatic carbocycles. The summed E-state index contributed by atoms with van der Waals surface area (Å²) in [6.07, 6.45) is 6.70. The summed E-state index contributed by atoms with van der Waals surface area (Å²) in [5, 5.41) is 0. The standard InChI is InChI=1S/C13H14O/c1-4-9(2)11-5-6-13-12(8-11)7-10(3)14-13/h1,5-6,8-10H,7H2,2-3H3. The lowest BCUT2D eigenvalue weighted by Crippen LogP contribution is -2.05. The first-order valence-corrected chi connectivity index (χ1v) is 4.96. The molecular formula is C13H14O. The van der Waals surface area contributed by atoms with Gasteiger partial charge in [0.05, 0.1) is 0 Å². The minimum absolute atomic E-state index is 0.191. The van der Waals surface area contributed by atoms with Gasteiger partial charge in [-0.25, -0.2) is 0 Å². The molecule has 2 unspecified atom stereocenters. The molecule has 0 radical (unpaired) electrons. The Labute approximate surface area is 85.1 Å². The molecule has 0 N–H and O–H groups in total. The van der Waals surface area contributed by atoms with Crippen LogP contribution in [0.1, 0.15) is 30.9 Å². The Morgan fingerprint density at radius 3 is 3.07 bits per heavy atom. The fourth-order valence-corrected chi connectivity index (χ4v) is 1.81. The third-order valence-corrected chi connectivity index (χ3v) is 2.67. The van der Waals surface area contributed by atoms with Gasteiger partial charge < -0.3 is 4.74 Å². The molecule has 72 valence electrons. The van der Waals surface area contributed by atoms with Crippen LogP contribution in [0.4, 0.5) is 0 Å². The summed E-state index contributed by atoms with van der Waals surface area (Å²) in [5.74, 6) is 3.95. The van der Waals surface area contributed by atoms with E-state index in [1.165, 1.54) is 11.1 Å². The van der Waals surface area contributed by atoms with E-state index in [1.54, 1.807) is 0 Å². The molecule has 1 aliphatic rings. The molecule has 2 atom stereocenters. The normalized spacial score (nSPS) is 20.8. The van der Waals surface area contributed by atoms with Crippen LogP contribution in [0.2, 0.25) is 0 Å². The van der Waals surface area contributed by atoms with Crippen molar-refractivity contribution in [2.24, 2.45) is 0 Å². The van der Waals surface area contributed by atoms with Crippen molar-refractivity contribution in [2.75, 3.05) is 0 Å². The molecule has 2 rings (SSSR count). The summed E-state index contributed by atoms with van der Waals surface area (Å²) in [5.41, 5.74) is 2.50. The highest BCUT2D eigenvalue weighted by molar-refractivity contribution is 5.42. The first-order valence-electron chi connectivity index (χ1n) is 4.96. The second kappa shape index (κ2) is 3.38. The van der Waals surface area contributed by atoms with Gasteiger partial charge in [0.15, 0.2) is 0 Å². The third-order valence-electron chi connectivity index (χ3n) is 2.67. The van der Waals surface area contributed by atoms with Crippen LogP contribution in [-0.2, 0) is 6.42 Å². The van der Waals surface area contributed by atoms with Gasteiger partial charge in [-0.3, -0.25) is 0 Å². The molecule has 0 amide bonds. The van der Waals surface area contributed by atoms with E-state index < -0.39 is 0 Å². The van der Waals surface area contributed by atoms with Crippen molar-refractivity contribution in [3.8, 4) is 18.1 Å². The lowest BCUT2D eigenvalue weighted by Gasteiger charge is -2.06. The van der Waals surface area contributed by atoms with Gasteiger partial charge in [0, 0.05) is 12.3 Å². The Morgan fingerprint density at radius 2 is 2.36 bits per heavy atom. The average Bonchev–Trinajstić information content (AvgIpc) is 2.55. The number of hydrogen-bond acceptors (Lipinski definition) is 1. The molecule has 1 aliphatic heterocycles. The molecule has 1 aromatic carbocycles. The third kappa shape index (κ3) is 1.48. The molecule has 1 heteroatoms. The topological polar surface area (TPSA) is 9.23 Å². The molecule has 0 saturated heterocycles. The Bertz CT molecular complexity index is 387. The molecule has 0 bridgehead atoms. The Kier molecular flexibility index (Phi) is 2.21. The molecule has 1 aromatic rings. The summed E-state index contributed by atoms with van der Waals surface area (Å²) in [6, 6.07) is 6.26. The van der Waals surface area contributed by atoms with E-state index in [0.29, 0.717) is 6.10 Å². The molecule has 1 heterocycles. The zero-order valence-electron chi connectivity index (χ0n) is 8.58. The first-order chi connectivity index (χ1) is 6.70. The summed E-state index contributed by atoms with van der Waals surface area (Å²) >= 11 is 0. The van der Waals surface area contributed by atoms with Crippen molar-refractivity contribution in [1.29, 1.82) is 0 Å². The Balaban J connectivity index is 2.34. The van der Waals surface area contributed by atoms with Gasteiger partial charge in [-0.1, -0.05) is 18.1 Å². The second-order valence-electron chi connectivity index (χ2n) is 3.89. The maximum atomic E-state index is 5.62. The molecule has 0 aromatic heterocycles. The van der Waals surface area contributed by atoms with Crippen LogP contribution < -0.4 is 4.74 Å². The fraction of sp³-hybridized carbons (Fsp3) is 0.385. The average molecular weight is 186 g/mol. The van der Waals surface area contributed by atoms with Gasteiger partial charge in [0.1, 0.15) is 11.9 Å². The number of fused-ring (bicyclic) bond motifs is 1. The second-order valence-corrected chi connectivity index (χ2v) is 3.89. The van der Waals surface area contributed by atoms with Gasteiger partial charge in [0.2, 0.25) is 0 Å². The quantitative estimate of drug-likeness (QED) is 0.613. The van der Waals surface area contributed by atoms with Crippen molar-refractivity contribution in [1.82, 2.24) is 0 Å². The molecule has 14 heavy (non-hydrogen) atoms. The van der Waals surface area contributed by atoms with Gasteiger partial charge in [-0.2, -0.15) is 0 Å². The minimum Gasteiger partial charge on any atom is -0.490 e. The van der Waals surface area contributed by atoms with E-state index in [-0.39, 0.29) is 5.92 Å². The SMILES string of the molecule is C#CC(C)c1ccc2c(c1)CC(C)O2. The molecule has 0 saturated carbocycles. The number of rotatable bonds is 1. The molecule has 1 nitrogen and oxygen atoms in total. The molecular weight excluding hydrogens is 172 g/mol. The number of benzene rings is 1. The highest BCUT2D eigenvalue weighted by Crippen LogP contribution is 2.31. The minimum atomic E-state index is 0.191. The predicted octanol–water partition coefficient (Wildman–Crippen LogP) is 2.75. The molecule has 0 fully saturated rings. The van der Waals surface area contributed by atoms with Gasteiger partial charge in [-0.15, -0.1) is 6.42 Å². The fourth-order valence-electron chi connectivity index (χ4n) is 1.81. The van der Waals surface area contributed by atoms with Gasteiger partial charge >= 0.3 is 0 Å². The lowest BCUT2D eigenvalue weighted by atomic mass is 9.98. The summed E-state index contributed by atoms with van der Waals surface area (Å²) in [4.78, 5) is 0. The van der Waals surface area contributed by atoms with Gasteiger partial charge in [0.25, 0.3) is 0 Å². The van der Waals surface area contributed by atoms with E-state index in [9.17, 15) is 0 Å². The predicted molar refractivity (Wildman–Crippen MR) is 57.5 cm³/mol. The smallest absolute Gasteiger partial charge is 0.123 e.